The molecule has 8 nitrogen and oxygen atoms in total. The Morgan fingerprint density at radius 1 is 1.06 bits per heavy atom. The van der Waals surface area contributed by atoms with E-state index in [0.717, 1.165) is 11.1 Å². The van der Waals surface area contributed by atoms with E-state index < -0.39 is 29.0 Å². The van der Waals surface area contributed by atoms with Gasteiger partial charge >= 0.3 is 11.9 Å². The molecule has 0 radical (unpaired) electrons. The van der Waals surface area contributed by atoms with Gasteiger partial charge in [-0.15, -0.1) is 0 Å². The highest BCUT2D eigenvalue weighted by atomic mass is 16.6. The maximum absolute atomic E-state index is 13.5. The SMILES string of the molecule is COC(=O)[C@]1(COCc2ccccc2)N(Cc2ccc(OC)cc2)C(=O)[C@@H]2CC(=O)O[C@@]21C. The van der Waals surface area contributed by atoms with Gasteiger partial charge in [0.2, 0.25) is 11.4 Å². The Balaban J connectivity index is 1.71. The summed E-state index contributed by atoms with van der Waals surface area (Å²) in [6.45, 7) is 1.78. The van der Waals surface area contributed by atoms with Crippen LogP contribution in [0.4, 0.5) is 0 Å². The van der Waals surface area contributed by atoms with Crippen LogP contribution >= 0.6 is 0 Å². The predicted octanol–water partition coefficient (Wildman–Crippen LogP) is 2.49. The van der Waals surface area contributed by atoms with Crippen molar-refractivity contribution in [3.63, 3.8) is 0 Å². The van der Waals surface area contributed by atoms with Crippen molar-refractivity contribution in [2.45, 2.75) is 37.6 Å². The Morgan fingerprint density at radius 3 is 2.39 bits per heavy atom. The second-order valence-electron chi connectivity index (χ2n) is 8.44. The fraction of sp³-hybridized carbons (Fsp3) is 0.400. The highest BCUT2D eigenvalue weighted by Gasteiger charge is 2.75. The number of hydrogen-bond donors (Lipinski definition) is 0. The van der Waals surface area contributed by atoms with E-state index in [-0.39, 0.29) is 32.1 Å². The average Bonchev–Trinajstić information content (AvgIpc) is 3.22. The fourth-order valence-corrected chi connectivity index (χ4v) is 4.83. The van der Waals surface area contributed by atoms with Gasteiger partial charge < -0.3 is 23.8 Å². The van der Waals surface area contributed by atoms with Crippen molar-refractivity contribution in [3.8, 4) is 5.75 Å². The Kier molecular flexibility index (Phi) is 6.12. The zero-order valence-corrected chi connectivity index (χ0v) is 18.9. The molecule has 0 aliphatic carbocycles. The van der Waals surface area contributed by atoms with Crippen LogP contribution in [0, 0.1) is 5.92 Å². The molecule has 0 N–H and O–H groups in total. The van der Waals surface area contributed by atoms with Crippen molar-refractivity contribution in [1.29, 1.82) is 0 Å². The maximum Gasteiger partial charge on any atom is 0.338 e. The van der Waals surface area contributed by atoms with Crippen molar-refractivity contribution in [2.75, 3.05) is 20.8 Å². The first kappa shape index (κ1) is 22.8. The van der Waals surface area contributed by atoms with E-state index in [2.05, 4.69) is 0 Å². The number of likely N-dealkylation sites (tertiary alicyclic amines) is 1. The summed E-state index contributed by atoms with van der Waals surface area (Å²) in [5, 5.41) is 0. The van der Waals surface area contributed by atoms with Crippen LogP contribution in [0.3, 0.4) is 0 Å². The van der Waals surface area contributed by atoms with E-state index in [1.165, 1.54) is 12.0 Å². The first-order chi connectivity index (χ1) is 15.9. The molecule has 2 aliphatic heterocycles. The first-order valence-electron chi connectivity index (χ1n) is 10.7. The molecule has 33 heavy (non-hydrogen) atoms. The molecule has 1 amide bonds. The first-order valence-corrected chi connectivity index (χ1v) is 10.7. The number of hydrogen-bond acceptors (Lipinski definition) is 7. The third kappa shape index (κ3) is 3.74. The standard InChI is InChI=1S/C25H27NO7/c1-24-20(13-21(27)33-24)22(28)26(14-17-9-11-19(30-2)12-10-17)25(24,23(29)31-3)16-32-15-18-7-5-4-6-8-18/h4-12,20H,13-16H2,1-3H3/t20-,24-,25-/m0/s1. The molecule has 0 aromatic heterocycles. The van der Waals surface area contributed by atoms with Gasteiger partial charge in [-0.05, 0) is 30.2 Å². The number of amides is 1. The van der Waals surface area contributed by atoms with Crippen molar-refractivity contribution in [3.05, 3.63) is 65.7 Å². The van der Waals surface area contributed by atoms with Crippen LogP contribution in [0.2, 0.25) is 0 Å². The predicted molar refractivity (Wildman–Crippen MR) is 117 cm³/mol. The summed E-state index contributed by atoms with van der Waals surface area (Å²) in [6.07, 6.45) is -0.0914. The van der Waals surface area contributed by atoms with Crippen LogP contribution < -0.4 is 4.74 Å². The lowest BCUT2D eigenvalue weighted by Gasteiger charge is -2.43. The molecule has 2 saturated heterocycles. The van der Waals surface area contributed by atoms with Gasteiger partial charge in [0, 0.05) is 6.54 Å². The van der Waals surface area contributed by atoms with Crippen LogP contribution in [0.1, 0.15) is 24.5 Å². The molecule has 2 fully saturated rings. The monoisotopic (exact) mass is 453 g/mol. The average molecular weight is 453 g/mol. The zero-order chi connectivity index (χ0) is 23.6. The summed E-state index contributed by atoms with van der Waals surface area (Å²) in [7, 11) is 2.83. The molecular formula is C25H27NO7. The number of esters is 2. The molecule has 2 aliphatic rings. The summed E-state index contributed by atoms with van der Waals surface area (Å²) in [6, 6.07) is 16.7. The van der Waals surface area contributed by atoms with Gasteiger partial charge in [0.05, 0.1) is 39.8 Å². The molecule has 2 aromatic carbocycles. The van der Waals surface area contributed by atoms with E-state index in [0.29, 0.717) is 5.75 Å². The second kappa shape index (κ2) is 8.86. The molecule has 0 bridgehead atoms. The zero-order valence-electron chi connectivity index (χ0n) is 18.9. The van der Waals surface area contributed by atoms with Gasteiger partial charge in [0.25, 0.3) is 0 Å². The van der Waals surface area contributed by atoms with Crippen molar-refractivity contribution in [1.82, 2.24) is 4.90 Å². The number of ether oxygens (including phenoxy) is 4. The van der Waals surface area contributed by atoms with Crippen LogP contribution in [0.15, 0.2) is 54.6 Å². The minimum absolute atomic E-state index is 0.0914. The number of methoxy groups -OCH3 is 2. The molecule has 2 heterocycles. The number of carbonyl (C=O) groups excluding carboxylic acids is 3. The number of carbonyl (C=O) groups is 3. The summed E-state index contributed by atoms with van der Waals surface area (Å²) < 4.78 is 22.1. The van der Waals surface area contributed by atoms with Gasteiger partial charge in [-0.3, -0.25) is 9.59 Å². The molecule has 8 heteroatoms. The van der Waals surface area contributed by atoms with Gasteiger partial charge in [-0.2, -0.15) is 0 Å². The largest absolute Gasteiger partial charge is 0.497 e. The molecule has 2 aromatic rings. The van der Waals surface area contributed by atoms with Gasteiger partial charge in [0.1, 0.15) is 5.75 Å². The smallest absolute Gasteiger partial charge is 0.338 e. The summed E-state index contributed by atoms with van der Waals surface area (Å²) in [4.78, 5) is 40.6. The lowest BCUT2D eigenvalue weighted by atomic mass is 9.76. The minimum Gasteiger partial charge on any atom is -0.497 e. The summed E-state index contributed by atoms with van der Waals surface area (Å²) in [5.41, 5.74) is -1.36. The Morgan fingerprint density at radius 2 is 1.76 bits per heavy atom. The van der Waals surface area contributed by atoms with Crippen LogP contribution in [-0.4, -0.2) is 54.7 Å². The molecule has 174 valence electrons. The van der Waals surface area contributed by atoms with Gasteiger partial charge in [-0.1, -0.05) is 42.5 Å². The molecule has 0 unspecified atom stereocenters. The number of fused-ring (bicyclic) bond motifs is 1. The molecule has 4 rings (SSSR count). The fourth-order valence-electron chi connectivity index (χ4n) is 4.83. The number of nitrogens with zero attached hydrogens (tertiary/aromatic N) is 1. The normalized spacial score (nSPS) is 26.2. The Hall–Kier alpha value is -3.39. The van der Waals surface area contributed by atoms with Crippen molar-refractivity contribution >= 4 is 17.8 Å². The van der Waals surface area contributed by atoms with Gasteiger partial charge in [0.15, 0.2) is 5.60 Å². The van der Waals surface area contributed by atoms with E-state index in [1.807, 2.05) is 42.5 Å². The molecule has 0 spiro atoms. The third-order valence-electron chi connectivity index (χ3n) is 6.65. The topological polar surface area (TPSA) is 91.4 Å². The van der Waals surface area contributed by atoms with E-state index in [1.54, 1.807) is 26.2 Å². The van der Waals surface area contributed by atoms with Crippen molar-refractivity contribution in [2.24, 2.45) is 5.92 Å². The number of rotatable bonds is 8. The lowest BCUT2D eigenvalue weighted by Crippen LogP contribution is -2.66. The van der Waals surface area contributed by atoms with E-state index in [4.69, 9.17) is 18.9 Å². The highest BCUT2D eigenvalue weighted by molar-refractivity contribution is 6.00. The van der Waals surface area contributed by atoms with Gasteiger partial charge in [-0.25, -0.2) is 4.79 Å². The third-order valence-corrected chi connectivity index (χ3v) is 6.65. The molecule has 3 atom stereocenters. The van der Waals surface area contributed by atoms with E-state index in [9.17, 15) is 14.4 Å². The number of benzene rings is 2. The van der Waals surface area contributed by atoms with Crippen LogP contribution in [0.5, 0.6) is 5.75 Å². The van der Waals surface area contributed by atoms with E-state index >= 15 is 0 Å². The molecular weight excluding hydrogens is 426 g/mol. The van der Waals surface area contributed by atoms with Crippen molar-refractivity contribution < 1.29 is 33.3 Å². The minimum atomic E-state index is -1.63. The second-order valence-corrected chi connectivity index (χ2v) is 8.44. The highest BCUT2D eigenvalue weighted by Crippen LogP contribution is 2.52. The summed E-state index contributed by atoms with van der Waals surface area (Å²) in [5.74, 6) is -1.67. The van der Waals surface area contributed by atoms with Crippen LogP contribution in [-0.2, 0) is 41.7 Å². The maximum atomic E-state index is 13.5. The Bertz CT molecular complexity index is 1040. The molecule has 0 saturated carbocycles. The quantitative estimate of drug-likeness (QED) is 0.567. The Labute approximate surface area is 192 Å². The summed E-state index contributed by atoms with van der Waals surface area (Å²) >= 11 is 0. The van der Waals surface area contributed by atoms with Crippen LogP contribution in [0.25, 0.3) is 0 Å². The lowest BCUT2D eigenvalue weighted by molar-refractivity contribution is -0.186.